The normalized spacial score (nSPS) is 15.6. The molecule has 9 heteroatoms. The largest absolute Gasteiger partial charge is 0.356 e. The molecule has 0 spiro atoms. The van der Waals surface area contributed by atoms with Crippen LogP contribution in [-0.4, -0.2) is 67.3 Å². The predicted octanol–water partition coefficient (Wildman–Crippen LogP) is 2.11. The lowest BCUT2D eigenvalue weighted by atomic mass is 10.0. The monoisotopic (exact) mass is 418 g/mol. The van der Waals surface area contributed by atoms with E-state index in [1.807, 2.05) is 36.4 Å². The number of benzene rings is 1. The third-order valence-corrected chi connectivity index (χ3v) is 5.07. The van der Waals surface area contributed by atoms with Gasteiger partial charge in [-0.15, -0.1) is 0 Å². The molecule has 1 aromatic carbocycles. The van der Waals surface area contributed by atoms with Crippen LogP contribution in [-0.2, 0) is 10.1 Å². The first kappa shape index (κ1) is 21.2. The molecule has 1 saturated heterocycles. The maximum atomic E-state index is 12.2. The van der Waals surface area contributed by atoms with Gasteiger partial charge in [-0.2, -0.15) is 8.42 Å². The molecule has 0 radical (unpaired) electrons. The molecule has 156 valence electrons. The van der Waals surface area contributed by atoms with Crippen molar-refractivity contribution in [2.45, 2.75) is 18.9 Å². The SMILES string of the molecule is CN(C)C1CCN(c2ccc3[nH]c(=O)c4ccccc4c3n2)CC1.CS(=O)(=O)O. The van der Waals surface area contributed by atoms with E-state index in [0.29, 0.717) is 17.7 Å². The molecule has 2 N–H and O–H groups in total. The van der Waals surface area contributed by atoms with Gasteiger partial charge in [0.25, 0.3) is 15.7 Å². The lowest BCUT2D eigenvalue weighted by molar-refractivity contribution is 0.249. The number of H-pyrrole nitrogens is 1. The number of fused-ring (bicyclic) bond motifs is 3. The van der Waals surface area contributed by atoms with Gasteiger partial charge in [0.1, 0.15) is 5.82 Å². The van der Waals surface area contributed by atoms with Crippen molar-refractivity contribution in [1.29, 1.82) is 0 Å². The number of pyridine rings is 2. The first-order valence-electron chi connectivity index (χ1n) is 9.39. The van der Waals surface area contributed by atoms with Crippen molar-refractivity contribution in [2.24, 2.45) is 0 Å². The van der Waals surface area contributed by atoms with Gasteiger partial charge in [0, 0.05) is 29.9 Å². The van der Waals surface area contributed by atoms with Gasteiger partial charge in [-0.05, 0) is 45.1 Å². The van der Waals surface area contributed by atoms with Crippen molar-refractivity contribution in [1.82, 2.24) is 14.9 Å². The molecule has 0 bridgehead atoms. The van der Waals surface area contributed by atoms with Crippen LogP contribution in [0.5, 0.6) is 0 Å². The van der Waals surface area contributed by atoms with E-state index in [2.05, 4.69) is 28.9 Å². The Balaban J connectivity index is 0.000000431. The van der Waals surface area contributed by atoms with Crippen LogP contribution in [0.1, 0.15) is 12.8 Å². The summed E-state index contributed by atoms with van der Waals surface area (Å²) in [4.78, 5) is 24.7. The van der Waals surface area contributed by atoms with Gasteiger partial charge in [-0.25, -0.2) is 4.98 Å². The molecule has 1 fully saturated rings. The van der Waals surface area contributed by atoms with E-state index in [-0.39, 0.29) is 5.56 Å². The number of nitrogens with zero attached hydrogens (tertiary/aromatic N) is 3. The van der Waals surface area contributed by atoms with Crippen LogP contribution < -0.4 is 10.5 Å². The summed E-state index contributed by atoms with van der Waals surface area (Å²) in [6.07, 6.45) is 3.02. The van der Waals surface area contributed by atoms with E-state index in [1.165, 1.54) is 0 Å². The number of piperidine rings is 1. The van der Waals surface area contributed by atoms with E-state index in [0.717, 1.165) is 48.2 Å². The first-order valence-corrected chi connectivity index (χ1v) is 11.2. The molecule has 4 rings (SSSR count). The molecule has 3 aromatic rings. The van der Waals surface area contributed by atoms with Crippen molar-refractivity contribution in [3.05, 3.63) is 46.8 Å². The molecule has 0 saturated carbocycles. The number of hydrogen-bond donors (Lipinski definition) is 2. The molecular formula is C20H26N4O4S. The summed E-state index contributed by atoms with van der Waals surface area (Å²) < 4.78 is 25.9. The second kappa shape index (κ2) is 8.48. The van der Waals surface area contributed by atoms with E-state index >= 15 is 0 Å². The fraction of sp³-hybridized carbons (Fsp3) is 0.400. The highest BCUT2D eigenvalue weighted by molar-refractivity contribution is 7.85. The maximum absolute atomic E-state index is 12.2. The van der Waals surface area contributed by atoms with Gasteiger partial charge in [-0.1, -0.05) is 18.2 Å². The Morgan fingerprint density at radius 2 is 1.69 bits per heavy atom. The zero-order valence-electron chi connectivity index (χ0n) is 16.8. The zero-order chi connectivity index (χ0) is 21.2. The van der Waals surface area contributed by atoms with Crippen molar-refractivity contribution < 1.29 is 13.0 Å². The van der Waals surface area contributed by atoms with Gasteiger partial charge in [0.15, 0.2) is 0 Å². The third kappa shape index (κ3) is 5.31. The number of hydrogen-bond acceptors (Lipinski definition) is 6. The highest BCUT2D eigenvalue weighted by Gasteiger charge is 2.21. The molecule has 3 heterocycles. The Bertz CT molecular complexity index is 1160. The lowest BCUT2D eigenvalue weighted by Gasteiger charge is -2.35. The standard InChI is InChI=1S/C19H22N4O.CH4O3S/c1-22(2)13-9-11-23(12-10-13)17-8-7-16-18(21-17)14-5-3-4-6-15(14)19(24)20-16;1-5(2,3)4/h3-8,13H,9-12H2,1-2H3,(H,20,24);1H3,(H,2,3,4). The fourth-order valence-corrected chi connectivity index (χ4v) is 3.62. The van der Waals surface area contributed by atoms with Crippen LogP contribution >= 0.6 is 0 Å². The van der Waals surface area contributed by atoms with Crippen LogP contribution in [0.4, 0.5) is 5.82 Å². The second-order valence-corrected chi connectivity index (χ2v) is 8.95. The molecule has 0 aliphatic carbocycles. The van der Waals surface area contributed by atoms with Gasteiger partial charge in [0.2, 0.25) is 0 Å². The second-order valence-electron chi connectivity index (χ2n) is 7.48. The Morgan fingerprint density at radius 1 is 1.10 bits per heavy atom. The average Bonchev–Trinajstić information content (AvgIpc) is 2.67. The van der Waals surface area contributed by atoms with Crippen LogP contribution in [0.3, 0.4) is 0 Å². The van der Waals surface area contributed by atoms with Crippen molar-refractivity contribution in [3.8, 4) is 0 Å². The smallest absolute Gasteiger partial charge is 0.261 e. The average molecular weight is 419 g/mol. The summed E-state index contributed by atoms with van der Waals surface area (Å²) in [6.45, 7) is 2.03. The molecule has 2 aromatic heterocycles. The summed E-state index contributed by atoms with van der Waals surface area (Å²) in [7, 11) is 0.633. The van der Waals surface area contributed by atoms with Gasteiger partial charge in [0.05, 0.1) is 17.3 Å². The molecule has 1 aliphatic heterocycles. The molecule has 29 heavy (non-hydrogen) atoms. The van der Waals surface area contributed by atoms with E-state index < -0.39 is 10.1 Å². The molecule has 8 nitrogen and oxygen atoms in total. The number of anilines is 1. The van der Waals surface area contributed by atoms with Gasteiger partial charge in [-0.3, -0.25) is 9.35 Å². The number of aromatic amines is 1. The Labute approximate surface area is 169 Å². The molecule has 0 atom stereocenters. The highest BCUT2D eigenvalue weighted by atomic mass is 32.2. The van der Waals surface area contributed by atoms with Gasteiger partial charge >= 0.3 is 0 Å². The Hall–Kier alpha value is -2.49. The minimum atomic E-state index is -3.67. The summed E-state index contributed by atoms with van der Waals surface area (Å²) in [5.74, 6) is 0.997. The van der Waals surface area contributed by atoms with Crippen molar-refractivity contribution in [3.63, 3.8) is 0 Å². The quantitative estimate of drug-likeness (QED) is 0.485. The van der Waals surface area contributed by atoms with Crippen LogP contribution in [0.15, 0.2) is 41.2 Å². The van der Waals surface area contributed by atoms with Crippen LogP contribution in [0, 0.1) is 0 Å². The van der Waals surface area contributed by atoms with E-state index in [1.54, 1.807) is 0 Å². The highest BCUT2D eigenvalue weighted by Crippen LogP contribution is 2.25. The van der Waals surface area contributed by atoms with Crippen molar-refractivity contribution in [2.75, 3.05) is 38.3 Å². The zero-order valence-corrected chi connectivity index (χ0v) is 17.6. The molecule has 0 amide bonds. The van der Waals surface area contributed by atoms with E-state index in [4.69, 9.17) is 9.54 Å². The fourth-order valence-electron chi connectivity index (χ4n) is 3.62. The number of aromatic nitrogens is 2. The summed E-state index contributed by atoms with van der Waals surface area (Å²) in [5, 5.41) is 1.61. The van der Waals surface area contributed by atoms with Crippen LogP contribution in [0.2, 0.25) is 0 Å². The summed E-state index contributed by atoms with van der Waals surface area (Å²) in [5.41, 5.74) is 1.61. The minimum absolute atomic E-state index is 0.0561. The summed E-state index contributed by atoms with van der Waals surface area (Å²) in [6, 6.07) is 12.3. The molecule has 1 aliphatic rings. The van der Waals surface area contributed by atoms with Crippen molar-refractivity contribution >= 4 is 37.7 Å². The van der Waals surface area contributed by atoms with Gasteiger partial charge < -0.3 is 14.8 Å². The predicted molar refractivity (Wildman–Crippen MR) is 116 cm³/mol. The molecular weight excluding hydrogens is 392 g/mol. The topological polar surface area (TPSA) is 107 Å². The Kier molecular flexibility index (Phi) is 6.21. The Morgan fingerprint density at radius 3 is 2.28 bits per heavy atom. The maximum Gasteiger partial charge on any atom is 0.261 e. The number of nitrogens with one attached hydrogen (secondary N) is 1. The third-order valence-electron chi connectivity index (χ3n) is 5.07. The molecule has 0 unspecified atom stereocenters. The first-order chi connectivity index (χ1) is 13.6. The lowest BCUT2D eigenvalue weighted by Crippen LogP contribution is -2.42. The summed E-state index contributed by atoms with van der Waals surface area (Å²) >= 11 is 0. The minimum Gasteiger partial charge on any atom is -0.356 e. The van der Waals surface area contributed by atoms with E-state index in [9.17, 15) is 13.2 Å². The van der Waals surface area contributed by atoms with Crippen LogP contribution in [0.25, 0.3) is 21.8 Å². The number of rotatable bonds is 2.